The molecule has 0 atom stereocenters. The van der Waals surface area contributed by atoms with Crippen LogP contribution in [-0.4, -0.2) is 39.8 Å². The van der Waals surface area contributed by atoms with Gasteiger partial charge in [0, 0.05) is 12.8 Å². The summed E-state index contributed by atoms with van der Waals surface area (Å²) in [5.74, 6) is -2.30. The fourth-order valence-electron chi connectivity index (χ4n) is 3.73. The molecule has 7 nitrogen and oxygen atoms in total. The van der Waals surface area contributed by atoms with E-state index in [4.69, 9.17) is 15.3 Å². The predicted molar refractivity (Wildman–Crippen MR) is 134 cm³/mol. The third kappa shape index (κ3) is 38.0. The molecule has 0 fully saturated rings. The number of carboxylic acid groups (broad SMARTS) is 3. The first kappa shape index (κ1) is 33.5. The van der Waals surface area contributed by atoms with Crippen LogP contribution in [-0.2, 0) is 14.4 Å². The van der Waals surface area contributed by atoms with Crippen LogP contribution in [0.15, 0.2) is 0 Å². The highest BCUT2D eigenvalue weighted by Crippen LogP contribution is 2.15. The Morgan fingerprint density at radius 2 is 0.515 bits per heavy atom. The van der Waals surface area contributed by atoms with E-state index in [1.54, 1.807) is 0 Å². The van der Waals surface area contributed by atoms with E-state index in [9.17, 15) is 14.4 Å². The molecule has 0 saturated heterocycles. The van der Waals surface area contributed by atoms with Crippen LogP contribution in [0.4, 0.5) is 0 Å². The largest absolute Gasteiger partial charge is 0.481 e. The molecule has 5 N–H and O–H groups in total. The smallest absolute Gasteiger partial charge is 0.317 e. The lowest BCUT2D eigenvalue weighted by Crippen LogP contribution is -2.10. The number of nitrogens with two attached hydrogens (primary N) is 1. The summed E-state index contributed by atoms with van der Waals surface area (Å²) in [6.07, 6.45) is 25.7. The number of rotatable bonds is 24. The number of hydrogen-bond acceptors (Lipinski definition) is 4. The first-order chi connectivity index (χ1) is 15.9. The Bertz CT molecular complexity index is 422. The molecule has 0 amide bonds. The number of unbranched alkanes of at least 4 members (excludes halogenated alkanes) is 19. The van der Waals surface area contributed by atoms with Crippen LogP contribution in [0.5, 0.6) is 0 Å². The number of hydrogen-bond donors (Lipinski definition) is 4. The molecule has 196 valence electrons. The minimum Gasteiger partial charge on any atom is -0.481 e. The summed E-state index contributed by atoms with van der Waals surface area (Å²) >= 11 is 0. The third-order valence-corrected chi connectivity index (χ3v) is 5.71. The number of carboxylic acids is 3. The van der Waals surface area contributed by atoms with Gasteiger partial charge in [0.1, 0.15) is 0 Å². The van der Waals surface area contributed by atoms with Gasteiger partial charge in [0.05, 0.1) is 6.54 Å². The molecule has 0 aromatic carbocycles. The molecule has 0 radical (unpaired) electrons. The first-order valence-corrected chi connectivity index (χ1v) is 13.3. The highest BCUT2D eigenvalue weighted by atomic mass is 16.4. The summed E-state index contributed by atoms with van der Waals surface area (Å²) in [6, 6.07) is 0. The maximum Gasteiger partial charge on any atom is 0.317 e. The van der Waals surface area contributed by atoms with Crippen molar-refractivity contribution in [1.82, 2.24) is 0 Å². The van der Waals surface area contributed by atoms with Crippen LogP contribution in [0, 0.1) is 0 Å². The lowest BCUT2D eigenvalue weighted by molar-refractivity contribution is -0.138. The Morgan fingerprint density at radius 1 is 0.364 bits per heavy atom. The van der Waals surface area contributed by atoms with Gasteiger partial charge in [-0.25, -0.2) is 0 Å². The van der Waals surface area contributed by atoms with Crippen LogP contribution in [0.3, 0.4) is 0 Å². The van der Waals surface area contributed by atoms with Crippen LogP contribution < -0.4 is 5.73 Å². The predicted octanol–water partition coefficient (Wildman–Crippen LogP) is 6.77. The minimum atomic E-state index is -0.968. The second-order valence-electron chi connectivity index (χ2n) is 8.96. The van der Waals surface area contributed by atoms with E-state index in [1.807, 2.05) is 0 Å². The van der Waals surface area contributed by atoms with E-state index in [-0.39, 0.29) is 6.54 Å². The van der Waals surface area contributed by atoms with Gasteiger partial charge in [-0.3, -0.25) is 14.4 Å². The molecule has 0 aromatic rings. The summed E-state index contributed by atoms with van der Waals surface area (Å²) < 4.78 is 0. The minimum absolute atomic E-state index is 0.278. The molecule has 7 heteroatoms. The zero-order valence-electron chi connectivity index (χ0n) is 20.9. The molecule has 0 saturated carbocycles. The van der Waals surface area contributed by atoms with E-state index in [0.29, 0.717) is 12.8 Å². The second-order valence-corrected chi connectivity index (χ2v) is 8.96. The summed E-state index contributed by atoms with van der Waals surface area (Å²) in [6.45, 7) is -0.278. The summed E-state index contributed by atoms with van der Waals surface area (Å²) in [7, 11) is 0. The molecule has 0 bridgehead atoms. The van der Waals surface area contributed by atoms with Crippen LogP contribution in [0.1, 0.15) is 141 Å². The summed E-state index contributed by atoms with van der Waals surface area (Å²) in [5, 5.41) is 24.7. The molecule has 0 aliphatic carbocycles. The van der Waals surface area contributed by atoms with E-state index < -0.39 is 17.9 Å². The molecule has 0 aromatic heterocycles. The molecule has 0 spiro atoms. The summed E-state index contributed by atoms with van der Waals surface area (Å²) in [5.41, 5.74) is 4.57. The van der Waals surface area contributed by atoms with E-state index in [1.165, 1.54) is 103 Å². The van der Waals surface area contributed by atoms with Crippen molar-refractivity contribution in [3.8, 4) is 0 Å². The average molecular weight is 474 g/mol. The molecule has 0 rings (SSSR count). The quantitative estimate of drug-likeness (QED) is 0.113. The third-order valence-electron chi connectivity index (χ3n) is 5.71. The fraction of sp³-hybridized carbons (Fsp3) is 0.885. The van der Waals surface area contributed by atoms with Crippen molar-refractivity contribution in [2.45, 2.75) is 141 Å². The van der Waals surface area contributed by atoms with Gasteiger partial charge < -0.3 is 21.1 Å². The molecule has 0 heterocycles. The average Bonchev–Trinajstić information content (AvgIpc) is 2.77. The Morgan fingerprint density at radius 3 is 0.636 bits per heavy atom. The van der Waals surface area contributed by atoms with Crippen molar-refractivity contribution in [2.75, 3.05) is 6.54 Å². The van der Waals surface area contributed by atoms with Crippen molar-refractivity contribution in [3.05, 3.63) is 0 Å². The maximum absolute atomic E-state index is 10.4. The lowest BCUT2D eigenvalue weighted by atomic mass is 10.0. The van der Waals surface area contributed by atoms with Crippen molar-refractivity contribution < 1.29 is 29.7 Å². The van der Waals surface area contributed by atoms with Gasteiger partial charge in [0.25, 0.3) is 0 Å². The maximum atomic E-state index is 10.4. The molecular weight excluding hydrogens is 422 g/mol. The fourth-order valence-corrected chi connectivity index (χ4v) is 3.73. The second kappa shape index (κ2) is 28.4. The number of aliphatic carboxylic acids is 3. The van der Waals surface area contributed by atoms with E-state index in [2.05, 4.69) is 5.73 Å². The highest BCUT2D eigenvalue weighted by Gasteiger charge is 1.98. The van der Waals surface area contributed by atoms with Crippen LogP contribution in [0.25, 0.3) is 0 Å². The number of carbonyl (C=O) groups is 3. The SMILES string of the molecule is NCC(=O)O.O=C(O)CCCCCCCCCCCCCCCCCCCCCCC(=O)O. The highest BCUT2D eigenvalue weighted by molar-refractivity contribution is 5.68. The Balaban J connectivity index is 0. The Hall–Kier alpha value is -1.63. The van der Waals surface area contributed by atoms with Gasteiger partial charge in [-0.15, -0.1) is 0 Å². The summed E-state index contributed by atoms with van der Waals surface area (Å²) in [4.78, 5) is 30.0. The molecule has 0 unspecified atom stereocenters. The monoisotopic (exact) mass is 473 g/mol. The first-order valence-electron chi connectivity index (χ1n) is 13.3. The normalized spacial score (nSPS) is 10.5. The van der Waals surface area contributed by atoms with Crippen molar-refractivity contribution in [3.63, 3.8) is 0 Å². The standard InChI is InChI=1S/C24H46O4.C2H5NO2/c25-23(26)21-19-17-15-13-11-9-7-5-3-1-2-4-6-8-10-12-14-16-18-20-22-24(27)28;3-1-2(4)5/h1-22H2,(H,25,26)(H,27,28);1,3H2,(H,4,5). The van der Waals surface area contributed by atoms with Crippen molar-refractivity contribution in [1.29, 1.82) is 0 Å². The zero-order valence-corrected chi connectivity index (χ0v) is 20.9. The lowest BCUT2D eigenvalue weighted by Gasteiger charge is -2.04. The van der Waals surface area contributed by atoms with Gasteiger partial charge in [-0.05, 0) is 12.8 Å². The van der Waals surface area contributed by atoms with Gasteiger partial charge in [-0.2, -0.15) is 0 Å². The Labute approximate surface area is 201 Å². The molecule has 0 aliphatic heterocycles. The van der Waals surface area contributed by atoms with E-state index in [0.717, 1.165) is 25.7 Å². The zero-order chi connectivity index (χ0) is 25.0. The topological polar surface area (TPSA) is 138 Å². The molecule has 0 aliphatic rings. The van der Waals surface area contributed by atoms with E-state index >= 15 is 0 Å². The van der Waals surface area contributed by atoms with Gasteiger partial charge in [-0.1, -0.05) is 116 Å². The van der Waals surface area contributed by atoms with Crippen LogP contribution in [0.2, 0.25) is 0 Å². The van der Waals surface area contributed by atoms with Crippen molar-refractivity contribution >= 4 is 17.9 Å². The molecule has 33 heavy (non-hydrogen) atoms. The Kier molecular flexibility index (Phi) is 28.9. The van der Waals surface area contributed by atoms with Gasteiger partial charge in [0.2, 0.25) is 0 Å². The van der Waals surface area contributed by atoms with Crippen molar-refractivity contribution in [2.24, 2.45) is 5.73 Å². The van der Waals surface area contributed by atoms with Crippen LogP contribution >= 0.6 is 0 Å². The van der Waals surface area contributed by atoms with Gasteiger partial charge >= 0.3 is 17.9 Å². The van der Waals surface area contributed by atoms with Gasteiger partial charge in [0.15, 0.2) is 0 Å². The molecular formula is C26H51NO6.